The SMILES string of the molecule is CCc1ccc(NC(=O)CNC2CCCCC2)cc1. The molecule has 1 aliphatic carbocycles. The second-order valence-electron chi connectivity index (χ2n) is 5.31. The van der Waals surface area contributed by atoms with E-state index in [1.165, 1.54) is 37.7 Å². The summed E-state index contributed by atoms with van der Waals surface area (Å²) in [5.74, 6) is 0.0508. The molecular weight excluding hydrogens is 236 g/mol. The van der Waals surface area contributed by atoms with Crippen molar-refractivity contribution < 1.29 is 4.79 Å². The lowest BCUT2D eigenvalue weighted by Crippen LogP contribution is -2.37. The molecule has 0 bridgehead atoms. The lowest BCUT2D eigenvalue weighted by Gasteiger charge is -2.22. The number of hydrogen-bond donors (Lipinski definition) is 2. The molecule has 0 heterocycles. The Kier molecular flexibility index (Phi) is 5.40. The summed E-state index contributed by atoms with van der Waals surface area (Å²) < 4.78 is 0. The molecule has 3 nitrogen and oxygen atoms in total. The van der Waals surface area contributed by atoms with Crippen molar-refractivity contribution in [1.82, 2.24) is 5.32 Å². The molecular formula is C16H24N2O. The number of rotatable bonds is 5. The third-order valence-corrected chi connectivity index (χ3v) is 3.80. The molecule has 1 amide bonds. The molecule has 0 radical (unpaired) electrons. The fraction of sp³-hybridized carbons (Fsp3) is 0.562. The molecule has 1 aromatic rings. The number of anilines is 1. The molecule has 19 heavy (non-hydrogen) atoms. The van der Waals surface area contributed by atoms with Crippen molar-refractivity contribution in [2.75, 3.05) is 11.9 Å². The maximum Gasteiger partial charge on any atom is 0.238 e. The van der Waals surface area contributed by atoms with Gasteiger partial charge in [-0.1, -0.05) is 38.3 Å². The summed E-state index contributed by atoms with van der Waals surface area (Å²) in [6, 6.07) is 8.59. The molecule has 0 aromatic heterocycles. The minimum atomic E-state index is 0.0508. The van der Waals surface area contributed by atoms with E-state index in [1.54, 1.807) is 0 Å². The molecule has 1 fully saturated rings. The second kappa shape index (κ2) is 7.29. The zero-order chi connectivity index (χ0) is 13.5. The average molecular weight is 260 g/mol. The van der Waals surface area contributed by atoms with Gasteiger partial charge in [-0.3, -0.25) is 4.79 Å². The van der Waals surface area contributed by atoms with E-state index in [0.29, 0.717) is 12.6 Å². The summed E-state index contributed by atoms with van der Waals surface area (Å²) in [4.78, 5) is 11.8. The predicted molar refractivity (Wildman–Crippen MR) is 79.3 cm³/mol. The van der Waals surface area contributed by atoms with E-state index in [1.807, 2.05) is 12.1 Å². The number of aryl methyl sites for hydroxylation is 1. The Labute approximate surface area is 115 Å². The second-order valence-corrected chi connectivity index (χ2v) is 5.31. The standard InChI is InChI=1S/C16H24N2O/c1-2-13-8-10-15(11-9-13)18-16(19)12-17-14-6-4-3-5-7-14/h8-11,14,17H,2-7,12H2,1H3,(H,18,19). The first kappa shape index (κ1) is 14.1. The summed E-state index contributed by atoms with van der Waals surface area (Å²) in [6.07, 6.45) is 7.36. The van der Waals surface area contributed by atoms with Crippen LogP contribution in [0.5, 0.6) is 0 Å². The molecule has 0 spiro atoms. The van der Waals surface area contributed by atoms with Crippen LogP contribution in [0.1, 0.15) is 44.6 Å². The third-order valence-electron chi connectivity index (χ3n) is 3.80. The average Bonchev–Trinajstić information content (AvgIpc) is 2.47. The maximum atomic E-state index is 11.8. The summed E-state index contributed by atoms with van der Waals surface area (Å²) in [7, 11) is 0. The van der Waals surface area contributed by atoms with Crippen LogP contribution in [-0.2, 0) is 11.2 Å². The van der Waals surface area contributed by atoms with Crippen LogP contribution in [0.4, 0.5) is 5.69 Å². The van der Waals surface area contributed by atoms with E-state index in [9.17, 15) is 4.79 Å². The van der Waals surface area contributed by atoms with Crippen LogP contribution in [0.15, 0.2) is 24.3 Å². The van der Waals surface area contributed by atoms with Gasteiger partial charge in [-0.25, -0.2) is 0 Å². The topological polar surface area (TPSA) is 41.1 Å². The van der Waals surface area contributed by atoms with Gasteiger partial charge in [0, 0.05) is 11.7 Å². The number of amides is 1. The van der Waals surface area contributed by atoms with Crippen molar-refractivity contribution in [2.45, 2.75) is 51.5 Å². The Morgan fingerprint density at radius 1 is 1.16 bits per heavy atom. The molecule has 3 heteroatoms. The van der Waals surface area contributed by atoms with Crippen LogP contribution in [0.25, 0.3) is 0 Å². The molecule has 0 saturated heterocycles. The van der Waals surface area contributed by atoms with Gasteiger partial charge >= 0.3 is 0 Å². The number of hydrogen-bond acceptors (Lipinski definition) is 2. The van der Waals surface area contributed by atoms with Gasteiger partial charge in [0.25, 0.3) is 0 Å². The molecule has 2 rings (SSSR count). The van der Waals surface area contributed by atoms with Crippen LogP contribution >= 0.6 is 0 Å². The molecule has 0 atom stereocenters. The molecule has 2 N–H and O–H groups in total. The van der Waals surface area contributed by atoms with E-state index in [4.69, 9.17) is 0 Å². The van der Waals surface area contributed by atoms with Gasteiger partial charge in [0.05, 0.1) is 6.54 Å². The number of nitrogens with one attached hydrogen (secondary N) is 2. The summed E-state index contributed by atoms with van der Waals surface area (Å²) in [5, 5.41) is 6.28. The molecule has 0 aliphatic heterocycles. The highest BCUT2D eigenvalue weighted by atomic mass is 16.1. The Morgan fingerprint density at radius 2 is 1.84 bits per heavy atom. The number of carbonyl (C=O) groups excluding carboxylic acids is 1. The summed E-state index contributed by atoms with van der Waals surface area (Å²) in [5.41, 5.74) is 2.17. The van der Waals surface area contributed by atoms with Crippen molar-refractivity contribution in [3.63, 3.8) is 0 Å². The van der Waals surface area contributed by atoms with Gasteiger partial charge in [0.15, 0.2) is 0 Å². The van der Waals surface area contributed by atoms with Crippen molar-refractivity contribution in [3.05, 3.63) is 29.8 Å². The molecule has 1 aromatic carbocycles. The van der Waals surface area contributed by atoms with E-state index >= 15 is 0 Å². The van der Waals surface area contributed by atoms with E-state index in [0.717, 1.165) is 12.1 Å². The number of benzene rings is 1. The minimum Gasteiger partial charge on any atom is -0.325 e. The fourth-order valence-electron chi connectivity index (χ4n) is 2.57. The van der Waals surface area contributed by atoms with Gasteiger partial charge in [-0.2, -0.15) is 0 Å². The van der Waals surface area contributed by atoms with Crippen LogP contribution in [-0.4, -0.2) is 18.5 Å². The van der Waals surface area contributed by atoms with Gasteiger partial charge in [-0.05, 0) is 37.0 Å². The fourth-order valence-corrected chi connectivity index (χ4v) is 2.57. The largest absolute Gasteiger partial charge is 0.325 e. The Hall–Kier alpha value is -1.35. The monoisotopic (exact) mass is 260 g/mol. The Bertz CT molecular complexity index is 394. The molecule has 104 valence electrons. The van der Waals surface area contributed by atoms with Crippen molar-refractivity contribution >= 4 is 11.6 Å². The van der Waals surface area contributed by atoms with Crippen molar-refractivity contribution in [2.24, 2.45) is 0 Å². The summed E-state index contributed by atoms with van der Waals surface area (Å²) >= 11 is 0. The molecule has 1 saturated carbocycles. The van der Waals surface area contributed by atoms with Gasteiger partial charge < -0.3 is 10.6 Å². The van der Waals surface area contributed by atoms with Crippen LogP contribution < -0.4 is 10.6 Å². The summed E-state index contributed by atoms with van der Waals surface area (Å²) in [6.45, 7) is 2.54. The first-order valence-corrected chi connectivity index (χ1v) is 7.40. The maximum absolute atomic E-state index is 11.8. The highest BCUT2D eigenvalue weighted by molar-refractivity contribution is 5.92. The zero-order valence-corrected chi connectivity index (χ0v) is 11.7. The number of carbonyl (C=O) groups is 1. The molecule has 1 aliphatic rings. The first-order valence-electron chi connectivity index (χ1n) is 7.40. The van der Waals surface area contributed by atoms with Gasteiger partial charge in [-0.15, -0.1) is 0 Å². The lowest BCUT2D eigenvalue weighted by molar-refractivity contribution is -0.115. The van der Waals surface area contributed by atoms with Gasteiger partial charge in [0.2, 0.25) is 5.91 Å². The Morgan fingerprint density at radius 3 is 2.47 bits per heavy atom. The van der Waals surface area contributed by atoms with Crippen molar-refractivity contribution in [3.8, 4) is 0 Å². The molecule has 0 unspecified atom stereocenters. The highest BCUT2D eigenvalue weighted by Crippen LogP contribution is 2.17. The highest BCUT2D eigenvalue weighted by Gasteiger charge is 2.13. The first-order chi connectivity index (χ1) is 9.28. The van der Waals surface area contributed by atoms with E-state index < -0.39 is 0 Å². The Balaban J connectivity index is 1.73. The van der Waals surface area contributed by atoms with E-state index in [2.05, 4.69) is 29.7 Å². The quantitative estimate of drug-likeness (QED) is 0.854. The van der Waals surface area contributed by atoms with Crippen LogP contribution in [0, 0.1) is 0 Å². The third kappa shape index (κ3) is 4.67. The van der Waals surface area contributed by atoms with E-state index in [-0.39, 0.29) is 5.91 Å². The smallest absolute Gasteiger partial charge is 0.238 e. The van der Waals surface area contributed by atoms with Crippen LogP contribution in [0.3, 0.4) is 0 Å². The zero-order valence-electron chi connectivity index (χ0n) is 11.7. The minimum absolute atomic E-state index is 0.0508. The normalized spacial score (nSPS) is 16.3. The van der Waals surface area contributed by atoms with Crippen LogP contribution in [0.2, 0.25) is 0 Å². The lowest BCUT2D eigenvalue weighted by atomic mass is 9.95. The van der Waals surface area contributed by atoms with Gasteiger partial charge in [0.1, 0.15) is 0 Å². The predicted octanol–water partition coefficient (Wildman–Crippen LogP) is 3.11. The van der Waals surface area contributed by atoms with Crippen molar-refractivity contribution in [1.29, 1.82) is 0 Å².